The van der Waals surface area contributed by atoms with E-state index in [0.717, 1.165) is 40.4 Å². The van der Waals surface area contributed by atoms with Crippen molar-refractivity contribution in [2.75, 3.05) is 0 Å². The lowest BCUT2D eigenvalue weighted by molar-refractivity contribution is -0.118. The van der Waals surface area contributed by atoms with Crippen molar-refractivity contribution in [3.05, 3.63) is 62.3 Å². The van der Waals surface area contributed by atoms with Gasteiger partial charge in [0.05, 0.1) is 23.2 Å². The number of aliphatic imine (C=N–C) groups is 2. The Kier molecular flexibility index (Phi) is 4.84. The van der Waals surface area contributed by atoms with Gasteiger partial charge in [-0.1, -0.05) is 20.8 Å². The van der Waals surface area contributed by atoms with Crippen LogP contribution in [0.2, 0.25) is 0 Å². The van der Waals surface area contributed by atoms with Crippen LogP contribution in [0, 0.1) is 37.5 Å². The van der Waals surface area contributed by atoms with Gasteiger partial charge < -0.3 is 10.3 Å². The lowest BCUT2D eigenvalue weighted by Gasteiger charge is -2.26. The molecule has 35 heavy (non-hydrogen) atoms. The van der Waals surface area contributed by atoms with E-state index in [1.54, 1.807) is 0 Å². The molecule has 5 heteroatoms. The Morgan fingerprint density at radius 3 is 2.43 bits per heavy atom. The minimum Gasteiger partial charge on any atom is -0.384 e. The first kappa shape index (κ1) is 22.5. The van der Waals surface area contributed by atoms with Crippen LogP contribution in [0.3, 0.4) is 0 Å². The molecule has 0 spiro atoms. The summed E-state index contributed by atoms with van der Waals surface area (Å²) < 4.78 is 0. The highest BCUT2D eigenvalue weighted by Gasteiger charge is 2.52. The summed E-state index contributed by atoms with van der Waals surface area (Å²) in [7, 11) is 0. The second-order valence-electron chi connectivity index (χ2n) is 11.4. The molecule has 6 unspecified atom stereocenters. The van der Waals surface area contributed by atoms with Crippen molar-refractivity contribution in [2.24, 2.45) is 33.7 Å². The van der Waals surface area contributed by atoms with Crippen molar-refractivity contribution in [3.8, 4) is 0 Å². The second kappa shape index (κ2) is 7.52. The molecule has 1 aromatic heterocycles. The van der Waals surface area contributed by atoms with E-state index in [1.807, 2.05) is 0 Å². The first-order valence-corrected chi connectivity index (χ1v) is 13.1. The van der Waals surface area contributed by atoms with Crippen molar-refractivity contribution in [3.63, 3.8) is 0 Å². The van der Waals surface area contributed by atoms with Crippen molar-refractivity contribution < 1.29 is 4.79 Å². The minimum absolute atomic E-state index is 0.0659. The van der Waals surface area contributed by atoms with E-state index >= 15 is 0 Å². The van der Waals surface area contributed by atoms with Gasteiger partial charge in [-0.2, -0.15) is 0 Å². The van der Waals surface area contributed by atoms with Gasteiger partial charge in [0.1, 0.15) is 0 Å². The van der Waals surface area contributed by atoms with Gasteiger partial charge in [0.2, 0.25) is 0 Å². The van der Waals surface area contributed by atoms with Crippen LogP contribution in [0.15, 0.2) is 49.7 Å². The smallest absolute Gasteiger partial charge is 0.168 e. The van der Waals surface area contributed by atoms with E-state index in [0.29, 0.717) is 11.8 Å². The van der Waals surface area contributed by atoms with Crippen LogP contribution in [0.1, 0.15) is 64.1 Å². The topological polar surface area (TPSA) is 69.6 Å². The monoisotopic (exact) mass is 468 g/mol. The Morgan fingerprint density at radius 1 is 0.943 bits per heavy atom. The molecule has 5 heterocycles. The molecule has 1 aromatic rings. The summed E-state index contributed by atoms with van der Waals surface area (Å²) in [6.45, 7) is 17.6. The third-order valence-corrected chi connectivity index (χ3v) is 9.78. The molecular formula is C30H36N4O. The lowest BCUT2D eigenvalue weighted by Crippen LogP contribution is -2.39. The number of carbonyl (C=O) groups is 1. The minimum atomic E-state index is -0.0659. The predicted molar refractivity (Wildman–Crippen MR) is 143 cm³/mol. The summed E-state index contributed by atoms with van der Waals surface area (Å²) in [5.74, 6) is 1.02. The first-order valence-electron chi connectivity index (χ1n) is 13.1. The zero-order valence-electron chi connectivity index (χ0n) is 22.1. The van der Waals surface area contributed by atoms with Crippen LogP contribution in [-0.2, 0) is 11.2 Å². The number of rotatable bonds is 0. The van der Waals surface area contributed by atoms with Crippen molar-refractivity contribution >= 4 is 23.3 Å². The fourth-order valence-corrected chi connectivity index (χ4v) is 6.79. The van der Waals surface area contributed by atoms with Crippen LogP contribution >= 0.6 is 0 Å². The quantitative estimate of drug-likeness (QED) is 0.534. The van der Waals surface area contributed by atoms with Crippen LogP contribution in [-0.4, -0.2) is 34.3 Å². The highest BCUT2D eigenvalue weighted by Crippen LogP contribution is 2.46. The number of hydrogen-bond acceptors (Lipinski definition) is 4. The molecule has 5 nitrogen and oxygen atoms in total. The summed E-state index contributed by atoms with van der Waals surface area (Å²) in [6.07, 6.45) is 5.28. The standard InChI is InChI=1S/C30H36N4O/c1-12-14(3)22-10-24-16(5)17(6)28(33-24)26-19(8)30(35)27-18(7)25(34-29(26)27)11-23-15(4)13(2)21(32-23)9-20(12)31-22/h10-11,16-17,19-20,26,28,32-33H,9H2,1-8H3/b24-10?,25-11-. The van der Waals surface area contributed by atoms with Crippen LogP contribution < -0.4 is 5.32 Å². The number of nitrogens with zero attached hydrogens (tertiary/aromatic N) is 2. The highest BCUT2D eigenvalue weighted by atomic mass is 16.1. The van der Waals surface area contributed by atoms with Gasteiger partial charge in [-0.3, -0.25) is 14.8 Å². The van der Waals surface area contributed by atoms with Gasteiger partial charge in [-0.25, -0.2) is 0 Å². The predicted octanol–water partition coefficient (Wildman–Crippen LogP) is 5.42. The van der Waals surface area contributed by atoms with E-state index in [-0.39, 0.29) is 29.7 Å². The maximum atomic E-state index is 13.5. The highest BCUT2D eigenvalue weighted by molar-refractivity contribution is 6.32. The summed E-state index contributed by atoms with van der Waals surface area (Å²) in [5, 5.41) is 3.86. The van der Waals surface area contributed by atoms with Gasteiger partial charge in [0, 0.05) is 52.9 Å². The third-order valence-electron chi connectivity index (χ3n) is 9.78. The van der Waals surface area contributed by atoms with E-state index in [4.69, 9.17) is 9.98 Å². The number of aromatic amines is 1. The molecule has 2 fully saturated rings. The van der Waals surface area contributed by atoms with Crippen molar-refractivity contribution in [1.82, 2.24) is 10.3 Å². The number of hydrogen-bond donors (Lipinski definition) is 2. The summed E-state index contributed by atoms with van der Waals surface area (Å²) in [4.78, 5) is 27.5. The Balaban J connectivity index is 1.57. The Bertz CT molecular complexity index is 1370. The third kappa shape index (κ3) is 3.03. The van der Waals surface area contributed by atoms with E-state index < -0.39 is 0 Å². The largest absolute Gasteiger partial charge is 0.384 e. The Morgan fingerprint density at radius 2 is 1.69 bits per heavy atom. The average molecular weight is 469 g/mol. The zero-order valence-corrected chi connectivity index (χ0v) is 22.1. The van der Waals surface area contributed by atoms with Gasteiger partial charge in [-0.05, 0) is 80.5 Å². The molecule has 1 saturated heterocycles. The maximum Gasteiger partial charge on any atom is 0.168 e. The molecule has 4 aliphatic heterocycles. The van der Waals surface area contributed by atoms with Gasteiger partial charge in [-0.15, -0.1) is 0 Å². The molecule has 0 aromatic carbocycles. The molecule has 1 aliphatic carbocycles. The molecule has 0 amide bonds. The molecule has 6 rings (SSSR count). The van der Waals surface area contributed by atoms with Crippen molar-refractivity contribution in [2.45, 2.75) is 73.9 Å². The zero-order chi connectivity index (χ0) is 24.9. The summed E-state index contributed by atoms with van der Waals surface area (Å²) in [6, 6.07) is 0.335. The molecule has 6 atom stereocenters. The number of fused-ring (bicyclic) bond motifs is 7. The van der Waals surface area contributed by atoms with Gasteiger partial charge in [0.15, 0.2) is 5.78 Å². The SMILES string of the molecule is CC1=C(C)C2Cc3[nH]c(c(C)c3C)/C=C3\N=C4C(=C3C)C(=O)C(C)C4C3NC(=CC1=N2)C(C)C3C. The molecule has 5 aliphatic rings. The fraction of sp³-hybridized carbons (Fsp3) is 0.500. The summed E-state index contributed by atoms with van der Waals surface area (Å²) in [5.41, 5.74) is 13.6. The lowest BCUT2D eigenvalue weighted by atomic mass is 9.80. The number of allylic oxidation sites excluding steroid dienone is 5. The maximum absolute atomic E-state index is 13.5. The number of H-pyrrole nitrogens is 1. The van der Waals surface area contributed by atoms with E-state index in [9.17, 15) is 4.79 Å². The Labute approximate surface area is 208 Å². The average Bonchev–Trinajstić information content (AvgIpc) is 3.52. The number of aromatic nitrogens is 1. The van der Waals surface area contributed by atoms with E-state index in [1.165, 1.54) is 33.7 Å². The van der Waals surface area contributed by atoms with Gasteiger partial charge >= 0.3 is 0 Å². The summed E-state index contributed by atoms with van der Waals surface area (Å²) >= 11 is 0. The molecule has 1 saturated carbocycles. The first-order chi connectivity index (χ1) is 16.6. The Hall–Kier alpha value is -2.95. The van der Waals surface area contributed by atoms with Crippen LogP contribution in [0.5, 0.6) is 0 Å². The molecular weight excluding hydrogens is 432 g/mol. The number of Topliss-reactive ketones (excluding diaryl/α,β-unsaturated/α-hetero) is 1. The van der Waals surface area contributed by atoms with Crippen LogP contribution in [0.25, 0.3) is 6.08 Å². The second-order valence-corrected chi connectivity index (χ2v) is 11.4. The fourth-order valence-electron chi connectivity index (χ4n) is 6.79. The van der Waals surface area contributed by atoms with Crippen LogP contribution in [0.4, 0.5) is 0 Å². The van der Waals surface area contributed by atoms with E-state index in [2.05, 4.69) is 77.8 Å². The number of nitrogens with one attached hydrogen (secondary N) is 2. The number of ketones is 1. The van der Waals surface area contributed by atoms with Gasteiger partial charge in [0.25, 0.3) is 0 Å². The molecule has 2 N–H and O–H groups in total. The molecule has 182 valence electrons. The number of carbonyl (C=O) groups excluding carboxylic acids is 1. The molecule has 0 radical (unpaired) electrons. The van der Waals surface area contributed by atoms with Crippen molar-refractivity contribution in [1.29, 1.82) is 0 Å². The normalized spacial score (nSPS) is 35.3. The molecule has 8 bridgehead atoms.